The number of hydrogen-bond acceptors (Lipinski definition) is 1. The van der Waals surface area contributed by atoms with Gasteiger partial charge in [0.05, 0.1) is 6.54 Å². The highest BCUT2D eigenvalue weighted by Crippen LogP contribution is 2.19. The summed E-state index contributed by atoms with van der Waals surface area (Å²) in [5.41, 5.74) is 1.52. The molecular formula is C15H12Cl2FNO. The van der Waals surface area contributed by atoms with Crippen LogP contribution in [0.5, 0.6) is 0 Å². The Labute approximate surface area is 126 Å². The molecule has 0 aliphatic rings. The number of rotatable bonds is 4. The van der Waals surface area contributed by atoms with Crippen molar-refractivity contribution >= 4 is 34.8 Å². The maximum absolute atomic E-state index is 13.0. The lowest BCUT2D eigenvalue weighted by Gasteiger charge is -2.22. The van der Waals surface area contributed by atoms with Crippen LogP contribution >= 0.6 is 23.2 Å². The number of carbonyl (C=O) groups excluding carboxylic acids is 1. The first-order chi connectivity index (χ1) is 9.60. The molecule has 2 rings (SSSR count). The molecule has 0 aliphatic carbocycles. The van der Waals surface area contributed by atoms with Crippen LogP contribution in [0.2, 0.25) is 5.02 Å². The van der Waals surface area contributed by atoms with Crippen molar-refractivity contribution in [2.75, 3.05) is 10.8 Å². The van der Waals surface area contributed by atoms with Crippen LogP contribution in [-0.2, 0) is 11.3 Å². The van der Waals surface area contributed by atoms with E-state index in [-0.39, 0.29) is 17.6 Å². The van der Waals surface area contributed by atoms with Gasteiger partial charge in [-0.1, -0.05) is 23.7 Å². The zero-order valence-corrected chi connectivity index (χ0v) is 12.0. The number of amides is 1. The van der Waals surface area contributed by atoms with Gasteiger partial charge in [0.2, 0.25) is 5.91 Å². The number of carbonyl (C=O) groups is 1. The second kappa shape index (κ2) is 6.73. The van der Waals surface area contributed by atoms with Crippen LogP contribution < -0.4 is 4.90 Å². The minimum absolute atomic E-state index is 0.134. The van der Waals surface area contributed by atoms with E-state index in [4.69, 9.17) is 23.2 Å². The second-order valence-electron chi connectivity index (χ2n) is 4.22. The fourth-order valence-corrected chi connectivity index (χ4v) is 2.06. The van der Waals surface area contributed by atoms with Crippen molar-refractivity contribution in [3.05, 3.63) is 64.9 Å². The van der Waals surface area contributed by atoms with Crippen LogP contribution in [-0.4, -0.2) is 11.8 Å². The molecule has 0 aliphatic heterocycles. The third kappa shape index (κ3) is 3.71. The van der Waals surface area contributed by atoms with E-state index in [9.17, 15) is 9.18 Å². The average molecular weight is 312 g/mol. The molecule has 0 spiro atoms. The van der Waals surface area contributed by atoms with Gasteiger partial charge in [0.25, 0.3) is 0 Å². The summed E-state index contributed by atoms with van der Waals surface area (Å²) in [5, 5.41) is 0.630. The minimum Gasteiger partial charge on any atom is -0.307 e. The first-order valence-corrected chi connectivity index (χ1v) is 6.88. The predicted molar refractivity (Wildman–Crippen MR) is 79.8 cm³/mol. The van der Waals surface area contributed by atoms with Crippen LogP contribution in [0.3, 0.4) is 0 Å². The van der Waals surface area contributed by atoms with E-state index in [1.807, 2.05) is 12.1 Å². The maximum atomic E-state index is 13.0. The molecule has 5 heteroatoms. The Bertz CT molecular complexity index is 584. The summed E-state index contributed by atoms with van der Waals surface area (Å²) in [7, 11) is 0. The van der Waals surface area contributed by atoms with Crippen molar-refractivity contribution in [1.82, 2.24) is 0 Å². The van der Waals surface area contributed by atoms with Gasteiger partial charge in [-0.3, -0.25) is 4.79 Å². The van der Waals surface area contributed by atoms with Crippen molar-refractivity contribution < 1.29 is 9.18 Å². The number of benzene rings is 2. The summed E-state index contributed by atoms with van der Waals surface area (Å²) >= 11 is 11.5. The van der Waals surface area contributed by atoms with Crippen molar-refractivity contribution in [2.24, 2.45) is 0 Å². The fourth-order valence-electron chi connectivity index (χ4n) is 1.79. The van der Waals surface area contributed by atoms with Crippen LogP contribution in [0, 0.1) is 5.82 Å². The third-order valence-electron chi connectivity index (χ3n) is 2.81. The Kier molecular flexibility index (Phi) is 4.99. The Hall–Kier alpha value is -1.58. The molecule has 20 heavy (non-hydrogen) atoms. The van der Waals surface area contributed by atoms with E-state index in [1.54, 1.807) is 24.3 Å². The summed E-state index contributed by atoms with van der Waals surface area (Å²) in [5.74, 6) is -0.725. The standard InChI is InChI=1S/C15H12Cl2FNO/c16-9-15(20)19(14-7-5-13(18)6-8-14)10-11-1-3-12(17)4-2-11/h1-8H,9-10H2. The fraction of sp³-hybridized carbons (Fsp3) is 0.133. The molecule has 2 nitrogen and oxygen atoms in total. The lowest BCUT2D eigenvalue weighted by Crippen LogP contribution is -2.31. The summed E-state index contributed by atoms with van der Waals surface area (Å²) < 4.78 is 13.0. The molecule has 0 fully saturated rings. The van der Waals surface area contributed by atoms with E-state index in [2.05, 4.69) is 0 Å². The molecule has 0 aromatic heterocycles. The van der Waals surface area contributed by atoms with Gasteiger partial charge in [0.15, 0.2) is 0 Å². The van der Waals surface area contributed by atoms with Crippen LogP contribution in [0.4, 0.5) is 10.1 Å². The molecule has 0 atom stereocenters. The zero-order chi connectivity index (χ0) is 14.5. The van der Waals surface area contributed by atoms with Crippen LogP contribution in [0.15, 0.2) is 48.5 Å². The van der Waals surface area contributed by atoms with Crippen LogP contribution in [0.1, 0.15) is 5.56 Å². The summed E-state index contributed by atoms with van der Waals surface area (Å²) in [6.45, 7) is 0.356. The molecule has 2 aromatic rings. The highest BCUT2D eigenvalue weighted by molar-refractivity contribution is 6.30. The quantitative estimate of drug-likeness (QED) is 0.773. The van der Waals surface area contributed by atoms with Gasteiger partial charge in [-0.25, -0.2) is 4.39 Å². The predicted octanol–water partition coefficient (Wildman–Crippen LogP) is 4.25. The molecule has 2 aromatic carbocycles. The molecule has 0 radical (unpaired) electrons. The molecule has 0 heterocycles. The van der Waals surface area contributed by atoms with E-state index in [0.717, 1.165) is 5.56 Å². The molecule has 0 N–H and O–H groups in total. The van der Waals surface area contributed by atoms with Crippen molar-refractivity contribution in [1.29, 1.82) is 0 Å². The Balaban J connectivity index is 2.26. The Morgan fingerprint density at radius 2 is 1.65 bits per heavy atom. The maximum Gasteiger partial charge on any atom is 0.242 e. The van der Waals surface area contributed by atoms with E-state index < -0.39 is 0 Å². The highest BCUT2D eigenvalue weighted by atomic mass is 35.5. The molecule has 0 bridgehead atoms. The van der Waals surface area contributed by atoms with Gasteiger partial charge in [0.1, 0.15) is 11.7 Å². The summed E-state index contributed by atoms with van der Waals surface area (Å²) in [6.07, 6.45) is 0. The summed E-state index contributed by atoms with van der Waals surface area (Å²) in [6, 6.07) is 12.9. The van der Waals surface area contributed by atoms with E-state index in [1.165, 1.54) is 17.0 Å². The largest absolute Gasteiger partial charge is 0.307 e. The van der Waals surface area contributed by atoms with Crippen molar-refractivity contribution in [2.45, 2.75) is 6.54 Å². The minimum atomic E-state index is -0.349. The molecular weight excluding hydrogens is 300 g/mol. The van der Waals surface area contributed by atoms with Crippen LogP contribution in [0.25, 0.3) is 0 Å². The lowest BCUT2D eigenvalue weighted by molar-refractivity contribution is -0.116. The lowest BCUT2D eigenvalue weighted by atomic mass is 10.2. The van der Waals surface area contributed by atoms with Crippen molar-refractivity contribution in [3.63, 3.8) is 0 Å². The van der Waals surface area contributed by atoms with E-state index >= 15 is 0 Å². The number of hydrogen-bond donors (Lipinski definition) is 0. The topological polar surface area (TPSA) is 20.3 Å². The van der Waals surface area contributed by atoms with Gasteiger partial charge in [-0.15, -0.1) is 11.6 Å². The number of alkyl halides is 1. The second-order valence-corrected chi connectivity index (χ2v) is 4.92. The molecule has 1 amide bonds. The first-order valence-electron chi connectivity index (χ1n) is 5.96. The third-order valence-corrected chi connectivity index (χ3v) is 3.29. The highest BCUT2D eigenvalue weighted by Gasteiger charge is 2.15. The Morgan fingerprint density at radius 3 is 2.20 bits per heavy atom. The zero-order valence-electron chi connectivity index (χ0n) is 10.5. The molecule has 0 unspecified atom stereocenters. The molecule has 0 saturated heterocycles. The van der Waals surface area contributed by atoms with Gasteiger partial charge < -0.3 is 4.90 Å². The smallest absolute Gasteiger partial charge is 0.242 e. The van der Waals surface area contributed by atoms with E-state index in [0.29, 0.717) is 17.3 Å². The molecule has 104 valence electrons. The molecule has 0 saturated carbocycles. The number of halogens is 3. The van der Waals surface area contributed by atoms with Gasteiger partial charge >= 0.3 is 0 Å². The van der Waals surface area contributed by atoms with Gasteiger partial charge in [-0.2, -0.15) is 0 Å². The van der Waals surface area contributed by atoms with Gasteiger partial charge in [-0.05, 0) is 42.0 Å². The average Bonchev–Trinajstić information content (AvgIpc) is 2.47. The number of anilines is 1. The Morgan fingerprint density at radius 1 is 1.05 bits per heavy atom. The van der Waals surface area contributed by atoms with Gasteiger partial charge in [0, 0.05) is 10.7 Å². The SMILES string of the molecule is O=C(CCl)N(Cc1ccc(Cl)cc1)c1ccc(F)cc1. The monoisotopic (exact) mass is 311 g/mol. The normalized spacial score (nSPS) is 10.3. The van der Waals surface area contributed by atoms with Crippen molar-refractivity contribution in [3.8, 4) is 0 Å². The number of nitrogens with zero attached hydrogens (tertiary/aromatic N) is 1. The first kappa shape index (κ1) is 14.8. The summed E-state index contributed by atoms with van der Waals surface area (Å²) in [4.78, 5) is 13.5.